The Kier molecular flexibility index (Phi) is 4.94. The van der Waals surface area contributed by atoms with Crippen molar-refractivity contribution in [3.8, 4) is 0 Å². The van der Waals surface area contributed by atoms with E-state index in [2.05, 4.69) is 24.2 Å². The smallest absolute Gasteiger partial charge is 0.123 e. The van der Waals surface area contributed by atoms with Gasteiger partial charge in [0.15, 0.2) is 0 Å². The van der Waals surface area contributed by atoms with Crippen LogP contribution in [0.4, 0.5) is 4.39 Å². The molecule has 0 spiro atoms. The molecule has 0 aliphatic carbocycles. The second-order valence-electron chi connectivity index (χ2n) is 5.98. The zero-order valence-corrected chi connectivity index (χ0v) is 12.1. The van der Waals surface area contributed by atoms with Crippen molar-refractivity contribution >= 4 is 0 Å². The number of halogens is 1. The first-order valence-corrected chi connectivity index (χ1v) is 7.27. The van der Waals surface area contributed by atoms with Crippen LogP contribution < -0.4 is 5.32 Å². The first kappa shape index (κ1) is 14.5. The van der Waals surface area contributed by atoms with Crippen molar-refractivity contribution in [2.24, 2.45) is 5.41 Å². The maximum absolute atomic E-state index is 12.9. The van der Waals surface area contributed by atoms with E-state index in [4.69, 9.17) is 0 Å². The van der Waals surface area contributed by atoms with E-state index >= 15 is 0 Å². The molecule has 1 N–H and O–H groups in total. The van der Waals surface area contributed by atoms with Gasteiger partial charge in [-0.25, -0.2) is 4.39 Å². The van der Waals surface area contributed by atoms with Crippen molar-refractivity contribution in [2.45, 2.75) is 32.7 Å². The zero-order chi connectivity index (χ0) is 13.7. The van der Waals surface area contributed by atoms with Crippen LogP contribution in [0.15, 0.2) is 24.3 Å². The summed E-state index contributed by atoms with van der Waals surface area (Å²) in [6, 6.07) is 6.85. The molecular formula is C16H25FN2. The van der Waals surface area contributed by atoms with E-state index in [1.165, 1.54) is 24.8 Å². The lowest BCUT2D eigenvalue weighted by Gasteiger charge is -2.33. The molecule has 0 bridgehead atoms. The summed E-state index contributed by atoms with van der Waals surface area (Å²) in [5.74, 6) is -0.158. The second-order valence-corrected chi connectivity index (χ2v) is 5.98. The van der Waals surface area contributed by atoms with E-state index in [9.17, 15) is 4.39 Å². The van der Waals surface area contributed by atoms with Gasteiger partial charge < -0.3 is 10.2 Å². The van der Waals surface area contributed by atoms with Gasteiger partial charge in [-0.3, -0.25) is 0 Å². The van der Waals surface area contributed by atoms with E-state index in [0.717, 1.165) is 26.2 Å². The molecule has 2 nitrogen and oxygen atoms in total. The maximum Gasteiger partial charge on any atom is 0.123 e. The fourth-order valence-corrected chi connectivity index (χ4v) is 3.28. The van der Waals surface area contributed by atoms with Crippen LogP contribution in [-0.4, -0.2) is 31.6 Å². The molecule has 2 rings (SSSR count). The number of nitrogens with zero attached hydrogens (tertiary/aromatic N) is 1. The molecule has 1 aromatic carbocycles. The van der Waals surface area contributed by atoms with Gasteiger partial charge in [0.25, 0.3) is 0 Å². The zero-order valence-electron chi connectivity index (χ0n) is 12.1. The Labute approximate surface area is 116 Å². The van der Waals surface area contributed by atoms with Crippen LogP contribution in [0.25, 0.3) is 0 Å². The summed E-state index contributed by atoms with van der Waals surface area (Å²) in [6.45, 7) is 6.55. The molecule has 1 heterocycles. The predicted molar refractivity (Wildman–Crippen MR) is 77.6 cm³/mol. The highest BCUT2D eigenvalue weighted by Gasteiger charge is 2.33. The minimum atomic E-state index is -0.158. The van der Waals surface area contributed by atoms with Crippen LogP contribution in [0, 0.1) is 11.2 Å². The van der Waals surface area contributed by atoms with Gasteiger partial charge in [0, 0.05) is 19.6 Å². The quantitative estimate of drug-likeness (QED) is 0.849. The lowest BCUT2D eigenvalue weighted by molar-refractivity contribution is 0.172. The van der Waals surface area contributed by atoms with Gasteiger partial charge in [0.1, 0.15) is 5.82 Å². The topological polar surface area (TPSA) is 15.3 Å². The van der Waals surface area contributed by atoms with Gasteiger partial charge in [0.2, 0.25) is 0 Å². The van der Waals surface area contributed by atoms with Gasteiger partial charge in [-0.2, -0.15) is 0 Å². The monoisotopic (exact) mass is 264 g/mol. The third-order valence-corrected chi connectivity index (χ3v) is 4.08. The van der Waals surface area contributed by atoms with Crippen LogP contribution in [-0.2, 0) is 6.54 Å². The Hall–Kier alpha value is -0.930. The van der Waals surface area contributed by atoms with E-state index < -0.39 is 0 Å². The standard InChI is InChI=1S/C16H25FN2/c1-3-8-16(9-10-18-12-16)13-19(2)11-14-4-6-15(17)7-5-14/h4-7,18H,3,8-13H2,1-2H3. The van der Waals surface area contributed by atoms with Gasteiger partial charge >= 0.3 is 0 Å². The number of rotatable bonds is 6. The molecule has 1 saturated heterocycles. The third kappa shape index (κ3) is 4.02. The van der Waals surface area contributed by atoms with Crippen LogP contribution >= 0.6 is 0 Å². The van der Waals surface area contributed by atoms with Gasteiger partial charge in [-0.1, -0.05) is 25.5 Å². The largest absolute Gasteiger partial charge is 0.316 e. The Balaban J connectivity index is 1.92. The summed E-state index contributed by atoms with van der Waals surface area (Å²) >= 11 is 0. The van der Waals surface area contributed by atoms with Crippen molar-refractivity contribution in [1.82, 2.24) is 10.2 Å². The molecule has 19 heavy (non-hydrogen) atoms. The van der Waals surface area contributed by atoms with Gasteiger partial charge in [-0.05, 0) is 49.5 Å². The van der Waals surface area contributed by atoms with Crippen molar-refractivity contribution in [3.05, 3.63) is 35.6 Å². The minimum absolute atomic E-state index is 0.158. The molecular weight excluding hydrogens is 239 g/mol. The van der Waals surface area contributed by atoms with Crippen molar-refractivity contribution in [2.75, 3.05) is 26.7 Å². The van der Waals surface area contributed by atoms with Crippen LogP contribution in [0.3, 0.4) is 0 Å². The summed E-state index contributed by atoms with van der Waals surface area (Å²) in [6.07, 6.45) is 3.80. The third-order valence-electron chi connectivity index (χ3n) is 4.08. The highest BCUT2D eigenvalue weighted by atomic mass is 19.1. The van der Waals surface area contributed by atoms with E-state index in [1.54, 1.807) is 12.1 Å². The first-order valence-electron chi connectivity index (χ1n) is 7.27. The Morgan fingerprint density at radius 1 is 1.32 bits per heavy atom. The fourth-order valence-electron chi connectivity index (χ4n) is 3.28. The minimum Gasteiger partial charge on any atom is -0.316 e. The van der Waals surface area contributed by atoms with Crippen LogP contribution in [0.5, 0.6) is 0 Å². The Morgan fingerprint density at radius 2 is 2.05 bits per heavy atom. The number of benzene rings is 1. The molecule has 1 aliphatic rings. The summed E-state index contributed by atoms with van der Waals surface area (Å²) in [7, 11) is 2.17. The van der Waals surface area contributed by atoms with E-state index in [0.29, 0.717) is 5.41 Å². The maximum atomic E-state index is 12.9. The SMILES string of the molecule is CCCC1(CN(C)Cc2ccc(F)cc2)CCNC1. The number of hydrogen-bond donors (Lipinski definition) is 1. The second kappa shape index (κ2) is 6.49. The summed E-state index contributed by atoms with van der Waals surface area (Å²) in [5.41, 5.74) is 1.62. The lowest BCUT2D eigenvalue weighted by Crippen LogP contribution is -2.37. The Bertz CT molecular complexity index is 382. The van der Waals surface area contributed by atoms with Crippen molar-refractivity contribution < 1.29 is 4.39 Å². The number of nitrogens with one attached hydrogen (secondary N) is 1. The first-order chi connectivity index (χ1) is 9.13. The van der Waals surface area contributed by atoms with E-state index in [-0.39, 0.29) is 5.82 Å². The summed E-state index contributed by atoms with van der Waals surface area (Å²) in [4.78, 5) is 2.37. The molecule has 106 valence electrons. The van der Waals surface area contributed by atoms with Crippen molar-refractivity contribution in [1.29, 1.82) is 0 Å². The number of hydrogen-bond acceptors (Lipinski definition) is 2. The fraction of sp³-hybridized carbons (Fsp3) is 0.625. The molecule has 1 fully saturated rings. The van der Waals surface area contributed by atoms with Gasteiger partial charge in [0.05, 0.1) is 0 Å². The van der Waals surface area contributed by atoms with Crippen LogP contribution in [0.1, 0.15) is 31.7 Å². The lowest BCUT2D eigenvalue weighted by atomic mass is 9.82. The van der Waals surface area contributed by atoms with Crippen molar-refractivity contribution in [3.63, 3.8) is 0 Å². The average Bonchev–Trinajstić information content (AvgIpc) is 2.81. The molecule has 0 aromatic heterocycles. The molecule has 0 radical (unpaired) electrons. The molecule has 0 amide bonds. The van der Waals surface area contributed by atoms with Gasteiger partial charge in [-0.15, -0.1) is 0 Å². The molecule has 3 heteroatoms. The molecule has 1 aromatic rings. The molecule has 1 unspecified atom stereocenters. The highest BCUT2D eigenvalue weighted by molar-refractivity contribution is 5.15. The predicted octanol–water partition coefficient (Wildman–Crippen LogP) is 3.04. The normalized spacial score (nSPS) is 23.2. The van der Waals surface area contributed by atoms with E-state index in [1.807, 2.05) is 12.1 Å². The molecule has 1 atom stereocenters. The Morgan fingerprint density at radius 3 is 2.63 bits per heavy atom. The average molecular weight is 264 g/mol. The molecule has 0 saturated carbocycles. The molecule has 1 aliphatic heterocycles. The summed E-state index contributed by atoms with van der Waals surface area (Å²) in [5, 5.41) is 3.50. The summed E-state index contributed by atoms with van der Waals surface area (Å²) < 4.78 is 12.9. The highest BCUT2D eigenvalue weighted by Crippen LogP contribution is 2.32. The van der Waals surface area contributed by atoms with Crippen LogP contribution in [0.2, 0.25) is 0 Å².